The molecule has 2 rings (SSSR count). The Bertz CT molecular complexity index is 486. The van der Waals surface area contributed by atoms with Gasteiger partial charge in [-0.3, -0.25) is 4.79 Å². The number of nitrogens with zero attached hydrogens (tertiary/aromatic N) is 2. The number of ether oxygens (including phenoxy) is 1. The van der Waals surface area contributed by atoms with Gasteiger partial charge in [-0.1, -0.05) is 13.8 Å². The lowest BCUT2D eigenvalue weighted by atomic mass is 10.1. The maximum absolute atomic E-state index is 12.5. The first-order valence-corrected chi connectivity index (χ1v) is 8.62. The highest BCUT2D eigenvalue weighted by atomic mass is 16.5. The number of benzene rings is 1. The second-order valence-electron chi connectivity index (χ2n) is 6.01. The number of hydrogen-bond donors (Lipinski definition) is 1. The van der Waals surface area contributed by atoms with Crippen LogP contribution < -0.4 is 10.1 Å². The lowest BCUT2D eigenvalue weighted by Gasteiger charge is -2.32. The van der Waals surface area contributed by atoms with Gasteiger partial charge in [-0.2, -0.15) is 0 Å². The van der Waals surface area contributed by atoms with Crippen LogP contribution in [0.4, 0.5) is 0 Å². The van der Waals surface area contributed by atoms with Gasteiger partial charge in [0.05, 0.1) is 0 Å². The molecule has 0 radical (unpaired) electrons. The predicted octanol–water partition coefficient (Wildman–Crippen LogP) is 1.84. The van der Waals surface area contributed by atoms with Gasteiger partial charge in [0.15, 0.2) is 0 Å². The Kier molecular flexibility index (Phi) is 6.86. The van der Waals surface area contributed by atoms with Gasteiger partial charge in [-0.25, -0.2) is 0 Å². The van der Waals surface area contributed by atoms with Crippen molar-refractivity contribution >= 4 is 5.91 Å². The van der Waals surface area contributed by atoms with Gasteiger partial charge >= 0.3 is 0 Å². The maximum atomic E-state index is 12.5. The van der Waals surface area contributed by atoms with Crippen molar-refractivity contribution in [1.29, 1.82) is 0 Å². The number of carbonyl (C=O) groups is 1. The monoisotopic (exact) mass is 319 g/mol. The molecule has 0 saturated carbocycles. The summed E-state index contributed by atoms with van der Waals surface area (Å²) >= 11 is 0. The van der Waals surface area contributed by atoms with Crippen LogP contribution in [0.5, 0.6) is 5.75 Å². The van der Waals surface area contributed by atoms with Crippen LogP contribution in [0, 0.1) is 0 Å². The highest BCUT2D eigenvalue weighted by Gasteiger charge is 2.21. The molecule has 1 saturated heterocycles. The molecule has 1 aliphatic rings. The van der Waals surface area contributed by atoms with E-state index in [2.05, 4.69) is 31.0 Å². The van der Waals surface area contributed by atoms with E-state index in [1.165, 1.54) is 0 Å². The first kappa shape index (κ1) is 17.8. The fraction of sp³-hybridized carbons (Fsp3) is 0.611. The number of rotatable bonds is 7. The summed E-state index contributed by atoms with van der Waals surface area (Å²) in [6.07, 6.45) is 0. The van der Waals surface area contributed by atoms with Gasteiger partial charge in [0, 0.05) is 37.8 Å². The topological polar surface area (TPSA) is 44.8 Å². The first-order chi connectivity index (χ1) is 11.1. The SMILES string of the molecule is CCN(CC)CCOc1ccc(C(=O)N2CCNC(C)C2)cc1. The maximum Gasteiger partial charge on any atom is 0.253 e. The molecule has 1 unspecified atom stereocenters. The molecular formula is C18H29N3O2. The minimum absolute atomic E-state index is 0.105. The van der Waals surface area contributed by atoms with Crippen molar-refractivity contribution in [3.63, 3.8) is 0 Å². The summed E-state index contributed by atoms with van der Waals surface area (Å²) in [4.78, 5) is 16.7. The second-order valence-corrected chi connectivity index (χ2v) is 6.01. The van der Waals surface area contributed by atoms with E-state index < -0.39 is 0 Å². The van der Waals surface area contributed by atoms with Gasteiger partial charge in [-0.15, -0.1) is 0 Å². The molecule has 23 heavy (non-hydrogen) atoms. The van der Waals surface area contributed by atoms with Crippen LogP contribution in [0.15, 0.2) is 24.3 Å². The van der Waals surface area contributed by atoms with Crippen LogP contribution in [-0.2, 0) is 0 Å². The van der Waals surface area contributed by atoms with Crippen LogP contribution in [0.1, 0.15) is 31.1 Å². The molecule has 0 aromatic heterocycles. The molecule has 128 valence electrons. The van der Waals surface area contributed by atoms with Crippen LogP contribution in [-0.4, -0.2) is 67.6 Å². The second kappa shape index (κ2) is 8.89. The summed E-state index contributed by atoms with van der Waals surface area (Å²) in [5, 5.41) is 3.35. The van der Waals surface area contributed by atoms with E-state index >= 15 is 0 Å². The van der Waals surface area contributed by atoms with E-state index in [1.54, 1.807) is 0 Å². The third-order valence-electron chi connectivity index (χ3n) is 4.33. The molecule has 0 aliphatic carbocycles. The summed E-state index contributed by atoms with van der Waals surface area (Å²) in [6.45, 7) is 12.5. The molecule has 5 nitrogen and oxygen atoms in total. The number of amides is 1. The Labute approximate surface area is 139 Å². The number of nitrogens with one attached hydrogen (secondary N) is 1. The van der Waals surface area contributed by atoms with Gasteiger partial charge in [0.1, 0.15) is 12.4 Å². The van der Waals surface area contributed by atoms with Gasteiger partial charge in [-0.05, 0) is 44.3 Å². The Hall–Kier alpha value is -1.59. The normalized spacial score (nSPS) is 18.3. The molecular weight excluding hydrogens is 290 g/mol. The van der Waals surface area contributed by atoms with E-state index in [9.17, 15) is 4.79 Å². The minimum Gasteiger partial charge on any atom is -0.492 e. The fourth-order valence-electron chi connectivity index (χ4n) is 2.83. The highest BCUT2D eigenvalue weighted by Crippen LogP contribution is 2.14. The van der Waals surface area contributed by atoms with Crippen molar-refractivity contribution in [2.75, 3.05) is 45.9 Å². The number of hydrogen-bond acceptors (Lipinski definition) is 4. The molecule has 1 amide bonds. The average molecular weight is 319 g/mol. The summed E-state index contributed by atoms with van der Waals surface area (Å²) in [6, 6.07) is 7.86. The van der Waals surface area contributed by atoms with Gasteiger partial charge < -0.3 is 19.9 Å². The zero-order valence-corrected chi connectivity index (χ0v) is 14.5. The van der Waals surface area contributed by atoms with E-state index in [-0.39, 0.29) is 5.91 Å². The zero-order valence-electron chi connectivity index (χ0n) is 14.5. The quantitative estimate of drug-likeness (QED) is 0.833. The largest absolute Gasteiger partial charge is 0.492 e. The summed E-state index contributed by atoms with van der Waals surface area (Å²) in [7, 11) is 0. The van der Waals surface area contributed by atoms with Crippen LogP contribution >= 0.6 is 0 Å². The van der Waals surface area contributed by atoms with Crippen molar-refractivity contribution in [3.8, 4) is 5.75 Å². The molecule has 1 aromatic carbocycles. The summed E-state index contributed by atoms with van der Waals surface area (Å²) < 4.78 is 5.76. The number of likely N-dealkylation sites (N-methyl/N-ethyl adjacent to an activating group) is 1. The molecule has 1 aromatic rings. The van der Waals surface area contributed by atoms with Gasteiger partial charge in [0.25, 0.3) is 5.91 Å². The first-order valence-electron chi connectivity index (χ1n) is 8.62. The number of piperazine rings is 1. The van der Waals surface area contributed by atoms with Crippen LogP contribution in [0.25, 0.3) is 0 Å². The zero-order chi connectivity index (χ0) is 16.7. The fourth-order valence-corrected chi connectivity index (χ4v) is 2.83. The third-order valence-corrected chi connectivity index (χ3v) is 4.33. The molecule has 0 bridgehead atoms. The molecule has 1 heterocycles. The van der Waals surface area contributed by atoms with Crippen molar-refractivity contribution in [3.05, 3.63) is 29.8 Å². The molecule has 1 atom stereocenters. The highest BCUT2D eigenvalue weighted by molar-refractivity contribution is 5.94. The van der Waals surface area contributed by atoms with Crippen molar-refractivity contribution < 1.29 is 9.53 Å². The van der Waals surface area contributed by atoms with Crippen molar-refractivity contribution in [2.24, 2.45) is 0 Å². The number of carbonyl (C=O) groups excluding carboxylic acids is 1. The average Bonchev–Trinajstić information content (AvgIpc) is 2.59. The predicted molar refractivity (Wildman–Crippen MR) is 93.1 cm³/mol. The van der Waals surface area contributed by atoms with Gasteiger partial charge in [0.2, 0.25) is 0 Å². The molecule has 1 N–H and O–H groups in total. The summed E-state index contributed by atoms with van der Waals surface area (Å²) in [5.41, 5.74) is 0.732. The minimum atomic E-state index is 0.105. The van der Waals surface area contributed by atoms with E-state index in [1.807, 2.05) is 29.2 Å². The Morgan fingerprint density at radius 2 is 2.00 bits per heavy atom. The van der Waals surface area contributed by atoms with Crippen molar-refractivity contribution in [1.82, 2.24) is 15.1 Å². The lowest BCUT2D eigenvalue weighted by Crippen LogP contribution is -2.51. The Morgan fingerprint density at radius 3 is 2.61 bits per heavy atom. The van der Waals surface area contributed by atoms with E-state index in [4.69, 9.17) is 4.74 Å². The van der Waals surface area contributed by atoms with Crippen molar-refractivity contribution in [2.45, 2.75) is 26.8 Å². The van der Waals surface area contributed by atoms with Crippen LogP contribution in [0.2, 0.25) is 0 Å². The Balaban J connectivity index is 1.85. The van der Waals surface area contributed by atoms with Crippen LogP contribution in [0.3, 0.4) is 0 Å². The Morgan fingerprint density at radius 1 is 1.30 bits per heavy atom. The molecule has 5 heteroatoms. The molecule has 1 fully saturated rings. The summed E-state index contributed by atoms with van der Waals surface area (Å²) in [5.74, 6) is 0.926. The smallest absolute Gasteiger partial charge is 0.253 e. The standard InChI is InChI=1S/C18H29N3O2/c1-4-20(5-2)12-13-23-17-8-6-16(7-9-17)18(22)21-11-10-19-15(3)14-21/h6-9,15,19H,4-5,10-14H2,1-3H3. The third kappa shape index (κ3) is 5.22. The molecule has 1 aliphatic heterocycles. The van der Waals surface area contributed by atoms with E-state index in [0.717, 1.165) is 50.6 Å². The molecule has 0 spiro atoms. The van der Waals surface area contributed by atoms with E-state index in [0.29, 0.717) is 12.6 Å². The lowest BCUT2D eigenvalue weighted by molar-refractivity contribution is 0.0709.